The normalized spacial score (nSPS) is 11.9. The largest absolute Gasteiger partial charge is 0.390 e. The number of rotatable bonds is 6. The van der Waals surface area contributed by atoms with Crippen LogP contribution < -0.4 is 10.2 Å². The molecule has 1 aromatic heterocycles. The van der Waals surface area contributed by atoms with Crippen molar-refractivity contribution in [3.63, 3.8) is 0 Å². The lowest BCUT2D eigenvalue weighted by molar-refractivity contribution is -0.132. The van der Waals surface area contributed by atoms with Gasteiger partial charge in [-0.05, 0) is 6.07 Å². The van der Waals surface area contributed by atoms with Crippen LogP contribution in [-0.4, -0.2) is 30.8 Å². The summed E-state index contributed by atoms with van der Waals surface area (Å²) in [5, 5.41) is 3.24. The predicted molar refractivity (Wildman–Crippen MR) is 70.2 cm³/mol. The Kier molecular flexibility index (Phi) is 5.60. The van der Waals surface area contributed by atoms with Crippen molar-refractivity contribution in [2.75, 3.05) is 18.5 Å². The summed E-state index contributed by atoms with van der Waals surface area (Å²) in [5.74, 6) is 0.597. The van der Waals surface area contributed by atoms with E-state index in [1.807, 2.05) is 19.9 Å². The summed E-state index contributed by atoms with van der Waals surface area (Å²) in [7, 11) is 1.63. The van der Waals surface area contributed by atoms with Gasteiger partial charge in [-0.1, -0.05) is 19.9 Å². The molecule has 0 amide bonds. The number of nitrogens with one attached hydrogen (secondary N) is 1. The summed E-state index contributed by atoms with van der Waals surface area (Å²) < 4.78 is 36.7. The number of alkyl halides is 3. The van der Waals surface area contributed by atoms with E-state index in [0.717, 1.165) is 5.56 Å². The molecule has 0 aliphatic heterocycles. The predicted octanol–water partition coefficient (Wildman–Crippen LogP) is 2.97. The molecule has 108 valence electrons. The maximum absolute atomic E-state index is 12.2. The van der Waals surface area contributed by atoms with Crippen molar-refractivity contribution in [1.29, 1.82) is 0 Å². The van der Waals surface area contributed by atoms with Gasteiger partial charge in [0.2, 0.25) is 0 Å². The molecule has 1 N–H and O–H groups in total. The van der Waals surface area contributed by atoms with Crippen molar-refractivity contribution >= 4 is 5.82 Å². The van der Waals surface area contributed by atoms with Crippen molar-refractivity contribution in [2.24, 2.45) is 0 Å². The highest BCUT2D eigenvalue weighted by atomic mass is 19.4. The maximum atomic E-state index is 12.2. The van der Waals surface area contributed by atoms with E-state index in [9.17, 15) is 13.2 Å². The molecule has 3 nitrogen and oxygen atoms in total. The van der Waals surface area contributed by atoms with Crippen LogP contribution in [0, 0.1) is 0 Å². The van der Waals surface area contributed by atoms with Crippen LogP contribution in [0.3, 0.4) is 0 Å². The molecule has 0 aliphatic rings. The Balaban J connectivity index is 2.70. The van der Waals surface area contributed by atoms with Crippen molar-refractivity contribution in [1.82, 2.24) is 10.3 Å². The van der Waals surface area contributed by atoms with Crippen LogP contribution in [0.1, 0.15) is 25.8 Å². The lowest BCUT2D eigenvalue weighted by Crippen LogP contribution is -2.28. The number of nitrogens with zero attached hydrogens (tertiary/aromatic N) is 2. The second kappa shape index (κ2) is 6.75. The van der Waals surface area contributed by atoms with E-state index in [4.69, 9.17) is 0 Å². The lowest BCUT2D eigenvalue weighted by Gasteiger charge is -2.22. The molecule has 0 spiro atoms. The third-order valence-corrected chi connectivity index (χ3v) is 2.66. The van der Waals surface area contributed by atoms with Gasteiger partial charge in [-0.2, -0.15) is 13.2 Å². The molecule has 19 heavy (non-hydrogen) atoms. The molecule has 1 heterocycles. The molecule has 0 unspecified atom stereocenters. The van der Waals surface area contributed by atoms with E-state index in [1.165, 1.54) is 0 Å². The van der Waals surface area contributed by atoms with E-state index in [0.29, 0.717) is 18.4 Å². The number of anilines is 1. The van der Waals surface area contributed by atoms with E-state index >= 15 is 0 Å². The molecule has 0 fully saturated rings. The highest BCUT2D eigenvalue weighted by Gasteiger charge is 2.27. The van der Waals surface area contributed by atoms with Gasteiger partial charge in [-0.25, -0.2) is 4.98 Å². The standard InChI is InChI=1S/C13H20F3N3/c1-10(2)18-9-11-5-4-7-17-12(11)19(3)8-6-13(14,15)16/h4-5,7,10,18H,6,8-9H2,1-3H3. The maximum Gasteiger partial charge on any atom is 0.390 e. The number of hydrogen-bond donors (Lipinski definition) is 1. The molecular formula is C13H20F3N3. The third-order valence-electron chi connectivity index (χ3n) is 2.66. The molecule has 1 rings (SSSR count). The fourth-order valence-electron chi connectivity index (χ4n) is 1.63. The molecule has 0 atom stereocenters. The average molecular weight is 275 g/mol. The summed E-state index contributed by atoms with van der Waals surface area (Å²) in [4.78, 5) is 5.72. The Morgan fingerprint density at radius 1 is 1.37 bits per heavy atom. The molecule has 0 aromatic carbocycles. The first-order valence-corrected chi connectivity index (χ1v) is 6.25. The second-order valence-electron chi connectivity index (χ2n) is 4.81. The van der Waals surface area contributed by atoms with Crippen molar-refractivity contribution in [2.45, 2.75) is 39.0 Å². The molecule has 0 bridgehead atoms. The van der Waals surface area contributed by atoms with E-state index in [2.05, 4.69) is 10.3 Å². The van der Waals surface area contributed by atoms with Crippen LogP contribution in [0.15, 0.2) is 18.3 Å². The highest BCUT2D eigenvalue weighted by Crippen LogP contribution is 2.22. The first kappa shape index (κ1) is 15.8. The van der Waals surface area contributed by atoms with Crippen LogP contribution in [-0.2, 0) is 6.54 Å². The van der Waals surface area contributed by atoms with Gasteiger partial charge in [0.1, 0.15) is 5.82 Å². The Morgan fingerprint density at radius 3 is 2.63 bits per heavy atom. The zero-order valence-corrected chi connectivity index (χ0v) is 11.5. The SMILES string of the molecule is CC(C)NCc1cccnc1N(C)CCC(F)(F)F. The molecule has 1 aromatic rings. The number of hydrogen-bond acceptors (Lipinski definition) is 3. The monoisotopic (exact) mass is 275 g/mol. The van der Waals surface area contributed by atoms with Gasteiger partial charge < -0.3 is 10.2 Å². The van der Waals surface area contributed by atoms with Gasteiger partial charge in [0.25, 0.3) is 0 Å². The van der Waals surface area contributed by atoms with Gasteiger partial charge in [-0.15, -0.1) is 0 Å². The Bertz CT molecular complexity index is 391. The Morgan fingerprint density at radius 2 is 2.05 bits per heavy atom. The van der Waals surface area contributed by atoms with Gasteiger partial charge in [0.15, 0.2) is 0 Å². The lowest BCUT2D eigenvalue weighted by atomic mass is 10.2. The number of halogens is 3. The van der Waals surface area contributed by atoms with Gasteiger partial charge in [0.05, 0.1) is 6.42 Å². The van der Waals surface area contributed by atoms with Crippen molar-refractivity contribution in [3.8, 4) is 0 Å². The van der Waals surface area contributed by atoms with Crippen molar-refractivity contribution in [3.05, 3.63) is 23.9 Å². The third kappa shape index (κ3) is 5.92. The quantitative estimate of drug-likeness (QED) is 0.865. The fourth-order valence-corrected chi connectivity index (χ4v) is 1.63. The van der Waals surface area contributed by atoms with Gasteiger partial charge in [0, 0.05) is 37.9 Å². The summed E-state index contributed by atoms with van der Waals surface area (Å²) in [6, 6.07) is 3.98. The average Bonchev–Trinajstić information content (AvgIpc) is 2.33. The van der Waals surface area contributed by atoms with Crippen LogP contribution in [0.5, 0.6) is 0 Å². The first-order valence-electron chi connectivity index (χ1n) is 6.25. The van der Waals surface area contributed by atoms with E-state index < -0.39 is 12.6 Å². The van der Waals surface area contributed by atoms with Crippen LogP contribution in [0.25, 0.3) is 0 Å². The first-order chi connectivity index (χ1) is 8.79. The van der Waals surface area contributed by atoms with Crippen LogP contribution in [0.2, 0.25) is 0 Å². The van der Waals surface area contributed by atoms with Crippen molar-refractivity contribution < 1.29 is 13.2 Å². The number of aromatic nitrogens is 1. The topological polar surface area (TPSA) is 28.2 Å². The molecule has 0 saturated heterocycles. The minimum atomic E-state index is -4.14. The summed E-state index contributed by atoms with van der Waals surface area (Å²) in [6.45, 7) is 4.54. The number of pyridine rings is 1. The van der Waals surface area contributed by atoms with E-state index in [-0.39, 0.29) is 6.54 Å². The fraction of sp³-hybridized carbons (Fsp3) is 0.615. The minimum absolute atomic E-state index is 0.0881. The zero-order chi connectivity index (χ0) is 14.5. The Labute approximate surface area is 111 Å². The van der Waals surface area contributed by atoms with Crippen LogP contribution >= 0.6 is 0 Å². The molecule has 0 saturated carbocycles. The molecule has 0 radical (unpaired) electrons. The summed E-state index contributed by atoms with van der Waals surface area (Å²) in [6.07, 6.45) is -3.38. The molecular weight excluding hydrogens is 255 g/mol. The zero-order valence-electron chi connectivity index (χ0n) is 11.5. The van der Waals surface area contributed by atoms with E-state index in [1.54, 1.807) is 24.2 Å². The smallest absolute Gasteiger partial charge is 0.359 e. The molecule has 6 heteroatoms. The van der Waals surface area contributed by atoms with Gasteiger partial charge in [-0.3, -0.25) is 0 Å². The molecule has 0 aliphatic carbocycles. The summed E-state index contributed by atoms with van der Waals surface area (Å²) >= 11 is 0. The minimum Gasteiger partial charge on any atom is -0.359 e. The summed E-state index contributed by atoms with van der Waals surface area (Å²) in [5.41, 5.74) is 0.904. The van der Waals surface area contributed by atoms with Gasteiger partial charge >= 0.3 is 6.18 Å². The Hall–Kier alpha value is -1.30. The highest BCUT2D eigenvalue weighted by molar-refractivity contribution is 5.45. The second-order valence-corrected chi connectivity index (χ2v) is 4.81. The van der Waals surface area contributed by atoms with Crippen LogP contribution in [0.4, 0.5) is 19.0 Å².